The highest BCUT2D eigenvalue weighted by atomic mass is 19.4. The van der Waals surface area contributed by atoms with Gasteiger partial charge in [0.2, 0.25) is 0 Å². The van der Waals surface area contributed by atoms with E-state index in [0.717, 1.165) is 18.2 Å². The first-order valence-electron chi connectivity index (χ1n) is 5.42. The molecular weight excluding hydrogens is 252 g/mol. The number of hydrogen-bond donors (Lipinski definition) is 0. The van der Waals surface area contributed by atoms with Gasteiger partial charge in [-0.15, -0.1) is 13.2 Å². The summed E-state index contributed by atoms with van der Waals surface area (Å²) in [6.45, 7) is 5.55. The molecule has 0 saturated heterocycles. The summed E-state index contributed by atoms with van der Waals surface area (Å²) in [6.07, 6.45) is -4.86. The monoisotopic (exact) mass is 266 g/mol. The van der Waals surface area contributed by atoms with Crippen LogP contribution in [0.15, 0.2) is 18.2 Å². The minimum absolute atomic E-state index is 0.0110. The molecule has 0 aliphatic heterocycles. The van der Waals surface area contributed by atoms with Gasteiger partial charge in [-0.2, -0.15) is 0 Å². The van der Waals surface area contributed by atoms with E-state index in [9.17, 15) is 22.4 Å². The third-order valence-corrected chi connectivity index (χ3v) is 1.80. The highest BCUT2D eigenvalue weighted by Crippen LogP contribution is 2.26. The van der Waals surface area contributed by atoms with E-state index in [2.05, 4.69) is 4.74 Å². The van der Waals surface area contributed by atoms with Crippen LogP contribution in [0.4, 0.5) is 17.6 Å². The Hall–Kier alpha value is -1.59. The molecule has 0 bridgehead atoms. The Balaban J connectivity index is 0.00000137. The number of rotatable bonds is 3. The van der Waals surface area contributed by atoms with Crippen LogP contribution in [-0.4, -0.2) is 12.1 Å². The number of alkyl halides is 3. The Kier molecular flexibility index (Phi) is 6.36. The lowest BCUT2D eigenvalue weighted by atomic mass is 10.1. The predicted molar refractivity (Wildman–Crippen MR) is 59.1 cm³/mol. The fourth-order valence-corrected chi connectivity index (χ4v) is 1.08. The van der Waals surface area contributed by atoms with Gasteiger partial charge < -0.3 is 4.74 Å². The average Bonchev–Trinajstić information content (AvgIpc) is 2.32. The molecule has 2 nitrogen and oxygen atoms in total. The molecule has 0 aliphatic rings. The molecular formula is C12H14F4O2. The van der Waals surface area contributed by atoms with Crippen LogP contribution in [-0.2, 0) is 0 Å². The number of carbonyl (C=O) groups excluding carboxylic acids is 1. The van der Waals surface area contributed by atoms with E-state index in [0.29, 0.717) is 0 Å². The molecule has 0 saturated carbocycles. The number of halogens is 4. The van der Waals surface area contributed by atoms with Crippen LogP contribution in [0.3, 0.4) is 0 Å². The van der Waals surface area contributed by atoms with Crippen molar-refractivity contribution in [2.24, 2.45) is 0 Å². The minimum Gasteiger partial charge on any atom is -0.403 e. The molecule has 1 aromatic rings. The van der Waals surface area contributed by atoms with Crippen molar-refractivity contribution in [3.05, 3.63) is 29.6 Å². The van der Waals surface area contributed by atoms with Crippen LogP contribution < -0.4 is 4.74 Å². The maximum atomic E-state index is 12.9. The summed E-state index contributed by atoms with van der Waals surface area (Å²) in [7, 11) is 0. The van der Waals surface area contributed by atoms with Gasteiger partial charge in [-0.05, 0) is 18.2 Å². The Labute approximate surface area is 103 Å². The van der Waals surface area contributed by atoms with Crippen LogP contribution in [0.5, 0.6) is 5.75 Å². The SMILES string of the molecule is CC.CCC(=O)c1ccc(F)c(OC(F)(F)F)c1. The Morgan fingerprint density at radius 1 is 1.28 bits per heavy atom. The fraction of sp³-hybridized carbons (Fsp3) is 0.417. The van der Waals surface area contributed by atoms with Gasteiger partial charge >= 0.3 is 6.36 Å². The maximum Gasteiger partial charge on any atom is 0.573 e. The summed E-state index contributed by atoms with van der Waals surface area (Å²) in [5, 5.41) is 0. The average molecular weight is 266 g/mol. The molecule has 0 atom stereocenters. The molecule has 0 spiro atoms. The molecule has 102 valence electrons. The van der Waals surface area contributed by atoms with Crippen molar-refractivity contribution in [2.75, 3.05) is 0 Å². The molecule has 0 aromatic heterocycles. The van der Waals surface area contributed by atoms with Crippen molar-refractivity contribution < 1.29 is 27.1 Å². The second-order valence-corrected chi connectivity index (χ2v) is 2.97. The number of ether oxygens (including phenoxy) is 1. The van der Waals surface area contributed by atoms with Gasteiger partial charge in [-0.3, -0.25) is 4.79 Å². The lowest BCUT2D eigenvalue weighted by molar-refractivity contribution is -0.275. The molecule has 0 N–H and O–H groups in total. The Bertz CT molecular complexity index is 400. The standard InChI is InChI=1S/C10H8F4O2.C2H6/c1-2-8(15)6-3-4-7(11)9(5-6)16-10(12,13)14;1-2/h3-5H,2H2,1H3;1-2H3. The quantitative estimate of drug-likeness (QED) is 0.600. The summed E-state index contributed by atoms with van der Waals surface area (Å²) in [5.41, 5.74) is -0.0110. The van der Waals surface area contributed by atoms with E-state index in [1.54, 1.807) is 6.92 Å². The lowest BCUT2D eigenvalue weighted by Crippen LogP contribution is -2.18. The molecule has 0 radical (unpaired) electrons. The predicted octanol–water partition coefficient (Wildman–Crippen LogP) is 4.34. The first-order valence-corrected chi connectivity index (χ1v) is 5.42. The Morgan fingerprint density at radius 2 is 1.83 bits per heavy atom. The van der Waals surface area contributed by atoms with Crippen LogP contribution in [0, 0.1) is 5.82 Å². The molecule has 0 fully saturated rings. The van der Waals surface area contributed by atoms with Gasteiger partial charge in [0, 0.05) is 12.0 Å². The topological polar surface area (TPSA) is 26.3 Å². The first-order chi connectivity index (χ1) is 8.33. The maximum absolute atomic E-state index is 12.9. The van der Waals surface area contributed by atoms with Gasteiger partial charge in [0.1, 0.15) is 0 Å². The van der Waals surface area contributed by atoms with E-state index in [4.69, 9.17) is 0 Å². The molecule has 0 amide bonds. The zero-order valence-electron chi connectivity index (χ0n) is 10.3. The summed E-state index contributed by atoms with van der Waals surface area (Å²) >= 11 is 0. The van der Waals surface area contributed by atoms with Crippen molar-refractivity contribution >= 4 is 5.78 Å². The van der Waals surface area contributed by atoms with Crippen LogP contribution >= 0.6 is 0 Å². The third kappa shape index (κ3) is 5.16. The summed E-state index contributed by atoms with van der Waals surface area (Å²) < 4.78 is 52.0. The molecule has 1 aromatic carbocycles. The van der Waals surface area contributed by atoms with E-state index < -0.39 is 17.9 Å². The Morgan fingerprint density at radius 3 is 2.28 bits per heavy atom. The molecule has 0 unspecified atom stereocenters. The van der Waals surface area contributed by atoms with Crippen molar-refractivity contribution in [3.8, 4) is 5.75 Å². The molecule has 1 rings (SSSR count). The fourth-order valence-electron chi connectivity index (χ4n) is 1.08. The van der Waals surface area contributed by atoms with Crippen molar-refractivity contribution in [1.82, 2.24) is 0 Å². The van der Waals surface area contributed by atoms with Crippen LogP contribution in [0.1, 0.15) is 37.6 Å². The van der Waals surface area contributed by atoms with E-state index >= 15 is 0 Å². The van der Waals surface area contributed by atoms with E-state index in [1.165, 1.54) is 0 Å². The number of hydrogen-bond acceptors (Lipinski definition) is 2. The number of ketones is 1. The van der Waals surface area contributed by atoms with Gasteiger partial charge in [-0.25, -0.2) is 4.39 Å². The lowest BCUT2D eigenvalue weighted by Gasteiger charge is -2.10. The minimum atomic E-state index is -4.98. The zero-order valence-corrected chi connectivity index (χ0v) is 10.3. The van der Waals surface area contributed by atoms with Crippen molar-refractivity contribution in [3.63, 3.8) is 0 Å². The first kappa shape index (κ1) is 16.4. The van der Waals surface area contributed by atoms with Crippen LogP contribution in [0.2, 0.25) is 0 Å². The highest BCUT2D eigenvalue weighted by molar-refractivity contribution is 5.96. The van der Waals surface area contributed by atoms with Crippen molar-refractivity contribution in [1.29, 1.82) is 0 Å². The van der Waals surface area contributed by atoms with Crippen molar-refractivity contribution in [2.45, 2.75) is 33.6 Å². The normalized spacial score (nSPS) is 10.4. The van der Waals surface area contributed by atoms with Gasteiger partial charge in [0.25, 0.3) is 0 Å². The zero-order chi connectivity index (χ0) is 14.3. The van der Waals surface area contributed by atoms with E-state index in [-0.39, 0.29) is 17.8 Å². The molecule has 18 heavy (non-hydrogen) atoms. The summed E-state index contributed by atoms with van der Waals surface area (Å²) in [5.74, 6) is -2.54. The highest BCUT2D eigenvalue weighted by Gasteiger charge is 2.32. The van der Waals surface area contributed by atoms with Gasteiger partial charge in [0.15, 0.2) is 17.3 Å². The summed E-state index contributed by atoms with van der Waals surface area (Å²) in [6, 6.07) is 2.63. The van der Waals surface area contributed by atoms with Crippen LogP contribution in [0.25, 0.3) is 0 Å². The molecule has 0 heterocycles. The number of carbonyl (C=O) groups is 1. The third-order valence-electron chi connectivity index (χ3n) is 1.80. The largest absolute Gasteiger partial charge is 0.573 e. The molecule has 0 aliphatic carbocycles. The second-order valence-electron chi connectivity index (χ2n) is 2.97. The number of benzene rings is 1. The number of Topliss-reactive ketones (excluding diaryl/α,β-unsaturated/α-hetero) is 1. The second kappa shape index (κ2) is 6.98. The summed E-state index contributed by atoms with van der Waals surface area (Å²) in [4.78, 5) is 11.2. The van der Waals surface area contributed by atoms with Gasteiger partial charge in [-0.1, -0.05) is 20.8 Å². The van der Waals surface area contributed by atoms with Gasteiger partial charge in [0.05, 0.1) is 0 Å². The molecule has 6 heteroatoms. The van der Waals surface area contributed by atoms with E-state index in [1.807, 2.05) is 13.8 Å². The smallest absolute Gasteiger partial charge is 0.403 e.